The lowest BCUT2D eigenvalue weighted by atomic mass is 10.3. The van der Waals surface area contributed by atoms with Crippen molar-refractivity contribution in [1.82, 2.24) is 0 Å². The Kier molecular flexibility index (Phi) is 11.0. The Labute approximate surface area is 112 Å². The lowest BCUT2D eigenvalue weighted by Crippen LogP contribution is -2.13. The number of carboxylic acids is 1. The third-order valence-corrected chi connectivity index (χ3v) is 1.97. The minimum absolute atomic E-state index is 0.00938. The zero-order valence-electron chi connectivity index (χ0n) is 11.4. The fourth-order valence-electron chi connectivity index (χ4n) is 1.06. The van der Waals surface area contributed by atoms with Crippen molar-refractivity contribution in [3.63, 3.8) is 0 Å². The molecule has 2 N–H and O–H groups in total. The first-order valence-corrected chi connectivity index (χ1v) is 6.09. The highest BCUT2D eigenvalue weighted by molar-refractivity contribution is 5.86. The van der Waals surface area contributed by atoms with E-state index in [0.29, 0.717) is 26.4 Å². The molecule has 7 nitrogen and oxygen atoms in total. The van der Waals surface area contributed by atoms with Gasteiger partial charge in [0.2, 0.25) is 0 Å². The van der Waals surface area contributed by atoms with E-state index in [0.717, 1.165) is 0 Å². The van der Waals surface area contributed by atoms with Gasteiger partial charge in [-0.15, -0.1) is 0 Å². The van der Waals surface area contributed by atoms with Gasteiger partial charge in [0.1, 0.15) is 12.2 Å². The molecule has 0 aliphatic carbocycles. The van der Waals surface area contributed by atoms with Crippen LogP contribution in [0.25, 0.3) is 0 Å². The number of aliphatic hydroxyl groups is 1. The van der Waals surface area contributed by atoms with E-state index in [1.165, 1.54) is 6.92 Å². The Morgan fingerprint density at radius 2 is 1.58 bits per heavy atom. The Balaban J connectivity index is 3.77. The number of hydrogen-bond donors (Lipinski definition) is 2. The summed E-state index contributed by atoms with van der Waals surface area (Å²) in [6.45, 7) is 5.03. The molecule has 0 aromatic rings. The van der Waals surface area contributed by atoms with Gasteiger partial charge in [-0.2, -0.15) is 0 Å². The van der Waals surface area contributed by atoms with Crippen LogP contribution >= 0.6 is 0 Å². The maximum atomic E-state index is 10.8. The number of carbonyl (C=O) groups is 1. The van der Waals surface area contributed by atoms with Crippen LogP contribution in [0.4, 0.5) is 0 Å². The van der Waals surface area contributed by atoms with E-state index in [9.17, 15) is 4.79 Å². The molecule has 0 amide bonds. The fourth-order valence-corrected chi connectivity index (χ4v) is 1.06. The molecular weight excluding hydrogens is 256 g/mol. The molecule has 0 rings (SSSR count). The summed E-state index contributed by atoms with van der Waals surface area (Å²) < 4.78 is 20.5. The minimum Gasteiger partial charge on any atom is -0.478 e. The van der Waals surface area contributed by atoms with Crippen LogP contribution in [0.3, 0.4) is 0 Å². The molecule has 112 valence electrons. The van der Waals surface area contributed by atoms with E-state index in [4.69, 9.17) is 29.2 Å². The first kappa shape index (κ1) is 17.7. The Bertz CT molecular complexity index is 275. The number of carboxylic acid groups (broad SMARTS) is 1. The van der Waals surface area contributed by atoms with E-state index in [1.807, 2.05) is 0 Å². The molecule has 0 atom stereocenters. The standard InChI is InChI=1S/C12H22O7/c1-3-18-12(10(2)11(14)15)19-9-8-17-7-6-16-5-4-13/h13H,3-9H2,1-2H3,(H,14,15). The number of rotatable bonds is 12. The molecule has 0 spiro atoms. The van der Waals surface area contributed by atoms with E-state index < -0.39 is 5.97 Å². The van der Waals surface area contributed by atoms with Crippen molar-refractivity contribution < 1.29 is 34.0 Å². The normalized spacial score (nSPS) is 11.9. The minimum atomic E-state index is -1.08. The Morgan fingerprint density at radius 3 is 2.11 bits per heavy atom. The fraction of sp³-hybridized carbons (Fsp3) is 0.750. The number of hydrogen-bond acceptors (Lipinski definition) is 6. The molecule has 0 aliphatic rings. The third kappa shape index (κ3) is 9.29. The number of aliphatic hydroxyl groups excluding tert-OH is 1. The SMILES string of the molecule is CCOC(OCCOCCOCCO)=C(C)C(=O)O. The molecule has 0 heterocycles. The Morgan fingerprint density at radius 1 is 1.00 bits per heavy atom. The topological polar surface area (TPSA) is 94.5 Å². The molecule has 0 saturated carbocycles. The molecule has 7 heteroatoms. The quantitative estimate of drug-likeness (QED) is 0.303. The van der Waals surface area contributed by atoms with Crippen molar-refractivity contribution in [2.75, 3.05) is 46.2 Å². The average Bonchev–Trinajstić information content (AvgIpc) is 2.39. The second-order valence-corrected chi connectivity index (χ2v) is 3.45. The lowest BCUT2D eigenvalue weighted by Gasteiger charge is -2.12. The molecular formula is C12H22O7. The summed E-state index contributed by atoms with van der Waals surface area (Å²) >= 11 is 0. The van der Waals surface area contributed by atoms with Gasteiger partial charge < -0.3 is 29.2 Å². The van der Waals surface area contributed by atoms with Gasteiger partial charge in [-0.25, -0.2) is 4.79 Å². The summed E-state index contributed by atoms with van der Waals surface area (Å²) in [6.07, 6.45) is 0. The van der Waals surface area contributed by atoms with Crippen molar-refractivity contribution in [3.05, 3.63) is 11.5 Å². The average molecular weight is 278 g/mol. The largest absolute Gasteiger partial charge is 0.478 e. The number of aliphatic carboxylic acids is 1. The van der Waals surface area contributed by atoms with Crippen molar-refractivity contribution in [1.29, 1.82) is 0 Å². The summed E-state index contributed by atoms with van der Waals surface area (Å²) in [4.78, 5) is 10.8. The molecule has 0 aromatic heterocycles. The zero-order valence-corrected chi connectivity index (χ0v) is 11.4. The van der Waals surface area contributed by atoms with Crippen LogP contribution in [0.2, 0.25) is 0 Å². The van der Waals surface area contributed by atoms with E-state index in [1.54, 1.807) is 6.92 Å². The van der Waals surface area contributed by atoms with Crippen LogP contribution in [0.15, 0.2) is 11.5 Å². The van der Waals surface area contributed by atoms with Gasteiger partial charge in [-0.05, 0) is 13.8 Å². The first-order chi connectivity index (χ1) is 9.13. The van der Waals surface area contributed by atoms with Crippen LogP contribution in [-0.2, 0) is 23.7 Å². The maximum absolute atomic E-state index is 10.8. The molecule has 19 heavy (non-hydrogen) atoms. The van der Waals surface area contributed by atoms with E-state index in [-0.39, 0.29) is 31.3 Å². The third-order valence-electron chi connectivity index (χ3n) is 1.97. The molecule has 0 saturated heterocycles. The smallest absolute Gasteiger partial charge is 0.338 e. The van der Waals surface area contributed by atoms with Gasteiger partial charge >= 0.3 is 5.97 Å². The van der Waals surface area contributed by atoms with Crippen molar-refractivity contribution in [2.45, 2.75) is 13.8 Å². The maximum Gasteiger partial charge on any atom is 0.338 e. The van der Waals surface area contributed by atoms with Gasteiger partial charge in [0.15, 0.2) is 0 Å². The van der Waals surface area contributed by atoms with Gasteiger partial charge in [-0.3, -0.25) is 0 Å². The second kappa shape index (κ2) is 11.8. The van der Waals surface area contributed by atoms with E-state index in [2.05, 4.69) is 0 Å². The molecule has 0 aromatic carbocycles. The van der Waals surface area contributed by atoms with Crippen molar-refractivity contribution >= 4 is 5.97 Å². The van der Waals surface area contributed by atoms with Crippen LogP contribution in [0.1, 0.15) is 13.8 Å². The van der Waals surface area contributed by atoms with Crippen LogP contribution in [0.5, 0.6) is 0 Å². The zero-order chi connectivity index (χ0) is 14.5. The highest BCUT2D eigenvalue weighted by Crippen LogP contribution is 2.08. The summed E-state index contributed by atoms with van der Waals surface area (Å²) in [5.41, 5.74) is 0.0214. The van der Waals surface area contributed by atoms with Crippen LogP contribution in [0, 0.1) is 0 Å². The summed E-state index contributed by atoms with van der Waals surface area (Å²) in [7, 11) is 0. The first-order valence-electron chi connectivity index (χ1n) is 6.09. The van der Waals surface area contributed by atoms with E-state index >= 15 is 0 Å². The highest BCUT2D eigenvalue weighted by atomic mass is 16.7. The van der Waals surface area contributed by atoms with Crippen molar-refractivity contribution in [3.8, 4) is 0 Å². The molecule has 0 aliphatic heterocycles. The summed E-state index contributed by atoms with van der Waals surface area (Å²) in [6, 6.07) is 0. The number of ether oxygens (including phenoxy) is 4. The van der Waals surface area contributed by atoms with Gasteiger partial charge in [0, 0.05) is 0 Å². The highest BCUT2D eigenvalue weighted by Gasteiger charge is 2.12. The van der Waals surface area contributed by atoms with Crippen LogP contribution < -0.4 is 0 Å². The lowest BCUT2D eigenvalue weighted by molar-refractivity contribution is -0.133. The predicted octanol–water partition coefficient (Wildman–Crippen LogP) is 0.381. The van der Waals surface area contributed by atoms with Gasteiger partial charge in [0.25, 0.3) is 5.95 Å². The Hall–Kier alpha value is -1.31. The predicted molar refractivity (Wildman–Crippen MR) is 66.6 cm³/mol. The van der Waals surface area contributed by atoms with Crippen molar-refractivity contribution in [2.24, 2.45) is 0 Å². The monoisotopic (exact) mass is 278 g/mol. The molecule has 0 unspecified atom stereocenters. The molecule has 0 radical (unpaired) electrons. The van der Waals surface area contributed by atoms with Gasteiger partial charge in [-0.1, -0.05) is 0 Å². The summed E-state index contributed by atoms with van der Waals surface area (Å²) in [5.74, 6) is -1.07. The van der Waals surface area contributed by atoms with Gasteiger partial charge in [0.05, 0.1) is 39.6 Å². The van der Waals surface area contributed by atoms with Crippen LogP contribution in [-0.4, -0.2) is 62.4 Å². The molecule has 0 fully saturated rings. The second-order valence-electron chi connectivity index (χ2n) is 3.45. The molecule has 0 bridgehead atoms. The summed E-state index contributed by atoms with van der Waals surface area (Å²) in [5, 5.41) is 17.3.